The normalized spacial score (nSPS) is 23.4. The number of rotatable bonds is 5. The number of hydrogen-bond acceptors (Lipinski definition) is 3. The minimum absolute atomic E-state index is 0.136. The molecule has 2 atom stereocenters. The molecule has 0 bridgehead atoms. The zero-order valence-electron chi connectivity index (χ0n) is 11.0. The molecule has 0 saturated heterocycles. The van der Waals surface area contributed by atoms with E-state index in [9.17, 15) is 4.79 Å². The van der Waals surface area contributed by atoms with E-state index in [4.69, 9.17) is 5.11 Å². The van der Waals surface area contributed by atoms with Crippen molar-refractivity contribution in [3.8, 4) is 0 Å². The lowest BCUT2D eigenvalue weighted by molar-refractivity contribution is -0.142. The van der Waals surface area contributed by atoms with E-state index in [0.717, 1.165) is 32.4 Å². The van der Waals surface area contributed by atoms with Crippen molar-refractivity contribution in [1.82, 2.24) is 5.32 Å². The Bertz CT molecular complexity index is 427. The Balaban J connectivity index is 1.82. The molecule has 4 heteroatoms. The SMILES string of the molecule is Cc1cc(CNCC2CCCC2C(=O)O)c(C)s1. The van der Waals surface area contributed by atoms with Gasteiger partial charge in [0.05, 0.1) is 5.92 Å². The van der Waals surface area contributed by atoms with Crippen molar-refractivity contribution in [2.75, 3.05) is 6.54 Å². The number of carboxylic acids is 1. The standard InChI is InChI=1S/C14H21NO2S/c1-9-6-12(10(2)18-9)8-15-7-11-4-3-5-13(11)14(16)17/h6,11,13,15H,3-5,7-8H2,1-2H3,(H,16,17). The predicted octanol–water partition coefficient (Wildman–Crippen LogP) is 2.96. The first kappa shape index (κ1) is 13.6. The van der Waals surface area contributed by atoms with Gasteiger partial charge < -0.3 is 10.4 Å². The third kappa shape index (κ3) is 3.12. The maximum Gasteiger partial charge on any atom is 0.306 e. The van der Waals surface area contributed by atoms with Crippen LogP contribution in [0.2, 0.25) is 0 Å². The molecule has 1 aliphatic carbocycles. The van der Waals surface area contributed by atoms with Crippen LogP contribution in [0.5, 0.6) is 0 Å². The predicted molar refractivity (Wildman–Crippen MR) is 74.0 cm³/mol. The monoisotopic (exact) mass is 267 g/mol. The second-order valence-corrected chi connectivity index (χ2v) is 6.67. The minimum atomic E-state index is -0.623. The average Bonchev–Trinajstić information content (AvgIpc) is 2.86. The van der Waals surface area contributed by atoms with Crippen molar-refractivity contribution in [2.24, 2.45) is 11.8 Å². The number of hydrogen-bond donors (Lipinski definition) is 2. The van der Waals surface area contributed by atoms with E-state index in [1.165, 1.54) is 15.3 Å². The highest BCUT2D eigenvalue weighted by atomic mass is 32.1. The molecule has 2 rings (SSSR count). The molecule has 18 heavy (non-hydrogen) atoms. The smallest absolute Gasteiger partial charge is 0.306 e. The summed E-state index contributed by atoms with van der Waals surface area (Å²) in [4.78, 5) is 13.8. The highest BCUT2D eigenvalue weighted by Gasteiger charge is 2.32. The first-order valence-electron chi connectivity index (χ1n) is 6.57. The zero-order chi connectivity index (χ0) is 13.1. The molecule has 2 N–H and O–H groups in total. The molecule has 1 saturated carbocycles. The molecule has 0 amide bonds. The van der Waals surface area contributed by atoms with Gasteiger partial charge >= 0.3 is 5.97 Å². The van der Waals surface area contributed by atoms with Gasteiger partial charge in [0.1, 0.15) is 0 Å². The van der Waals surface area contributed by atoms with Crippen LogP contribution in [0.1, 0.15) is 34.6 Å². The van der Waals surface area contributed by atoms with Gasteiger partial charge in [0.2, 0.25) is 0 Å². The minimum Gasteiger partial charge on any atom is -0.481 e. The quantitative estimate of drug-likeness (QED) is 0.862. The van der Waals surface area contributed by atoms with E-state index in [2.05, 4.69) is 25.2 Å². The molecule has 1 aromatic heterocycles. The highest BCUT2D eigenvalue weighted by molar-refractivity contribution is 7.12. The molecule has 1 heterocycles. The Kier molecular flexibility index (Phi) is 4.40. The summed E-state index contributed by atoms with van der Waals surface area (Å²) in [5, 5.41) is 12.5. The topological polar surface area (TPSA) is 49.3 Å². The van der Waals surface area contributed by atoms with Crippen molar-refractivity contribution in [3.63, 3.8) is 0 Å². The Morgan fingerprint density at radius 1 is 1.50 bits per heavy atom. The molecule has 3 nitrogen and oxygen atoms in total. The lowest BCUT2D eigenvalue weighted by Gasteiger charge is -2.16. The molecule has 0 aliphatic heterocycles. The van der Waals surface area contributed by atoms with Crippen molar-refractivity contribution in [3.05, 3.63) is 21.4 Å². The van der Waals surface area contributed by atoms with Crippen LogP contribution in [-0.2, 0) is 11.3 Å². The van der Waals surface area contributed by atoms with Gasteiger partial charge in [-0.15, -0.1) is 11.3 Å². The molecular formula is C14H21NO2S. The summed E-state index contributed by atoms with van der Waals surface area (Å²) >= 11 is 1.82. The van der Waals surface area contributed by atoms with Crippen molar-refractivity contribution in [1.29, 1.82) is 0 Å². The molecular weight excluding hydrogens is 246 g/mol. The van der Waals surface area contributed by atoms with Crippen LogP contribution in [0, 0.1) is 25.7 Å². The third-order valence-corrected chi connectivity index (χ3v) is 4.85. The van der Waals surface area contributed by atoms with E-state index in [-0.39, 0.29) is 5.92 Å². The third-order valence-electron chi connectivity index (χ3n) is 3.84. The lowest BCUT2D eigenvalue weighted by atomic mass is 9.96. The summed E-state index contributed by atoms with van der Waals surface area (Å²) < 4.78 is 0. The number of carbonyl (C=O) groups is 1. The summed E-state index contributed by atoms with van der Waals surface area (Å²) in [7, 11) is 0. The highest BCUT2D eigenvalue weighted by Crippen LogP contribution is 2.31. The largest absolute Gasteiger partial charge is 0.481 e. The Morgan fingerprint density at radius 3 is 2.89 bits per heavy atom. The van der Waals surface area contributed by atoms with Crippen LogP contribution in [0.15, 0.2) is 6.07 Å². The van der Waals surface area contributed by atoms with Crippen LogP contribution in [0.25, 0.3) is 0 Å². The number of nitrogens with one attached hydrogen (secondary N) is 1. The summed E-state index contributed by atoms with van der Waals surface area (Å²) in [6.07, 6.45) is 2.95. The second kappa shape index (κ2) is 5.85. The number of carboxylic acid groups (broad SMARTS) is 1. The number of thiophene rings is 1. The van der Waals surface area contributed by atoms with E-state index in [1.54, 1.807) is 0 Å². The molecule has 0 radical (unpaired) electrons. The van der Waals surface area contributed by atoms with Gasteiger partial charge in [0, 0.05) is 16.3 Å². The van der Waals surface area contributed by atoms with E-state index in [1.807, 2.05) is 11.3 Å². The van der Waals surface area contributed by atoms with Gasteiger partial charge in [0.25, 0.3) is 0 Å². The molecule has 1 fully saturated rings. The molecule has 1 aromatic rings. The first-order chi connectivity index (χ1) is 8.58. The molecule has 2 unspecified atom stereocenters. The second-order valence-electron chi connectivity index (χ2n) is 5.21. The molecule has 1 aliphatic rings. The Hall–Kier alpha value is -0.870. The Morgan fingerprint density at radius 2 is 2.28 bits per heavy atom. The van der Waals surface area contributed by atoms with Crippen LogP contribution < -0.4 is 5.32 Å². The summed E-state index contributed by atoms with van der Waals surface area (Å²) in [6.45, 7) is 5.95. The van der Waals surface area contributed by atoms with Gasteiger partial charge in [-0.25, -0.2) is 0 Å². The van der Waals surface area contributed by atoms with Gasteiger partial charge in [-0.1, -0.05) is 6.42 Å². The number of aryl methyl sites for hydroxylation is 2. The van der Waals surface area contributed by atoms with Crippen LogP contribution in [0.4, 0.5) is 0 Å². The maximum atomic E-state index is 11.1. The van der Waals surface area contributed by atoms with Gasteiger partial charge in [-0.2, -0.15) is 0 Å². The average molecular weight is 267 g/mol. The summed E-state index contributed by atoms with van der Waals surface area (Å²) in [6, 6.07) is 2.22. The van der Waals surface area contributed by atoms with E-state index >= 15 is 0 Å². The summed E-state index contributed by atoms with van der Waals surface area (Å²) in [5.74, 6) is -0.452. The first-order valence-corrected chi connectivity index (χ1v) is 7.39. The van der Waals surface area contributed by atoms with E-state index in [0.29, 0.717) is 5.92 Å². The molecule has 100 valence electrons. The van der Waals surface area contributed by atoms with Crippen molar-refractivity contribution in [2.45, 2.75) is 39.7 Å². The fourth-order valence-corrected chi connectivity index (χ4v) is 3.80. The zero-order valence-corrected chi connectivity index (χ0v) is 11.8. The van der Waals surface area contributed by atoms with Crippen LogP contribution >= 0.6 is 11.3 Å². The number of aliphatic carboxylic acids is 1. The fourth-order valence-electron chi connectivity index (χ4n) is 2.86. The van der Waals surface area contributed by atoms with Crippen LogP contribution in [-0.4, -0.2) is 17.6 Å². The summed E-state index contributed by atoms with van der Waals surface area (Å²) in [5.41, 5.74) is 1.35. The van der Waals surface area contributed by atoms with Crippen LogP contribution in [0.3, 0.4) is 0 Å². The van der Waals surface area contributed by atoms with Crippen molar-refractivity contribution >= 4 is 17.3 Å². The fraction of sp³-hybridized carbons (Fsp3) is 0.643. The van der Waals surface area contributed by atoms with Gasteiger partial charge in [0.15, 0.2) is 0 Å². The lowest BCUT2D eigenvalue weighted by Crippen LogP contribution is -2.28. The molecule has 0 spiro atoms. The maximum absolute atomic E-state index is 11.1. The molecule has 0 aromatic carbocycles. The Labute approximate surface area is 112 Å². The van der Waals surface area contributed by atoms with E-state index < -0.39 is 5.97 Å². The van der Waals surface area contributed by atoms with Crippen molar-refractivity contribution < 1.29 is 9.90 Å². The van der Waals surface area contributed by atoms with Gasteiger partial charge in [-0.3, -0.25) is 4.79 Å². The van der Waals surface area contributed by atoms with Gasteiger partial charge in [-0.05, 0) is 50.8 Å².